The number of hydrogen-bond acceptors (Lipinski definition) is 4. The van der Waals surface area contributed by atoms with Gasteiger partial charge in [0.2, 0.25) is 0 Å². The highest BCUT2D eigenvalue weighted by Gasteiger charge is 2.28. The van der Waals surface area contributed by atoms with E-state index in [4.69, 9.17) is 4.74 Å². The summed E-state index contributed by atoms with van der Waals surface area (Å²) in [7, 11) is 0.0363. The van der Waals surface area contributed by atoms with Crippen LogP contribution in [0.4, 0.5) is 0 Å². The zero-order valence-electron chi connectivity index (χ0n) is 11.3. The van der Waals surface area contributed by atoms with Gasteiger partial charge in [-0.1, -0.05) is 6.92 Å². The molecule has 5 heteroatoms. The Morgan fingerprint density at radius 2 is 1.83 bits per heavy atom. The normalized spacial score (nSPS) is 15.1. The topological polar surface area (TPSA) is 55.4 Å². The van der Waals surface area contributed by atoms with E-state index in [9.17, 15) is 8.42 Å². The predicted molar refractivity (Wildman–Crippen MR) is 72.8 cm³/mol. The summed E-state index contributed by atoms with van der Waals surface area (Å²) in [6.45, 7) is 3.71. The Balaban J connectivity index is 3.04. The molecule has 102 valence electrons. The lowest BCUT2D eigenvalue weighted by Crippen LogP contribution is -2.40. The molecule has 0 aliphatic heterocycles. The van der Waals surface area contributed by atoms with Gasteiger partial charge in [-0.25, -0.2) is 8.42 Å². The Morgan fingerprint density at radius 3 is 2.22 bits per heavy atom. The number of rotatable bonds is 6. The molecule has 0 aliphatic carbocycles. The summed E-state index contributed by atoms with van der Waals surface area (Å²) in [6.07, 6.45) is 0.771. The first-order chi connectivity index (χ1) is 8.47. The zero-order chi connectivity index (χ0) is 13.8. The van der Waals surface area contributed by atoms with E-state index in [1.54, 1.807) is 45.3 Å². The fraction of sp³-hybridized carbons (Fsp3) is 0.538. The van der Waals surface area contributed by atoms with Crippen LogP contribution in [-0.4, -0.2) is 33.9 Å². The van der Waals surface area contributed by atoms with E-state index in [-0.39, 0.29) is 6.04 Å². The fourth-order valence-corrected chi connectivity index (χ4v) is 3.67. The van der Waals surface area contributed by atoms with Gasteiger partial charge in [0.1, 0.15) is 5.75 Å². The van der Waals surface area contributed by atoms with Crippen LogP contribution in [0.5, 0.6) is 5.75 Å². The molecule has 0 aromatic heterocycles. The molecule has 0 saturated carbocycles. The standard InChI is InChI=1S/C13H21NO3S/c1-5-13(14-3)10(2)18(15,16)12-8-6-11(17-4)7-9-12/h6-10,13-14H,5H2,1-4H3. The van der Waals surface area contributed by atoms with Crippen molar-refractivity contribution in [2.75, 3.05) is 14.2 Å². The minimum atomic E-state index is -3.31. The third-order valence-electron chi connectivity index (χ3n) is 3.25. The summed E-state index contributed by atoms with van der Waals surface area (Å²) in [5.41, 5.74) is 0. The molecule has 0 radical (unpaired) electrons. The highest BCUT2D eigenvalue weighted by Crippen LogP contribution is 2.22. The molecule has 0 heterocycles. The van der Waals surface area contributed by atoms with Crippen molar-refractivity contribution in [2.24, 2.45) is 0 Å². The van der Waals surface area contributed by atoms with Gasteiger partial charge in [-0.3, -0.25) is 0 Å². The van der Waals surface area contributed by atoms with Gasteiger partial charge in [0.15, 0.2) is 9.84 Å². The van der Waals surface area contributed by atoms with Gasteiger partial charge < -0.3 is 10.1 Å². The second kappa shape index (κ2) is 6.20. The van der Waals surface area contributed by atoms with Crippen LogP contribution in [0.2, 0.25) is 0 Å². The van der Waals surface area contributed by atoms with Gasteiger partial charge in [0.25, 0.3) is 0 Å². The summed E-state index contributed by atoms with van der Waals surface area (Å²) in [5, 5.41) is 2.59. The van der Waals surface area contributed by atoms with Gasteiger partial charge in [-0.05, 0) is 44.7 Å². The molecule has 1 aromatic rings. The van der Waals surface area contributed by atoms with E-state index in [1.807, 2.05) is 6.92 Å². The van der Waals surface area contributed by atoms with E-state index >= 15 is 0 Å². The third-order valence-corrected chi connectivity index (χ3v) is 5.49. The summed E-state index contributed by atoms with van der Waals surface area (Å²) in [6, 6.07) is 6.47. The molecule has 0 saturated heterocycles. The van der Waals surface area contributed by atoms with Crippen LogP contribution in [0, 0.1) is 0 Å². The van der Waals surface area contributed by atoms with E-state index in [0.29, 0.717) is 10.6 Å². The molecule has 1 rings (SSSR count). The number of hydrogen-bond donors (Lipinski definition) is 1. The maximum atomic E-state index is 12.4. The van der Waals surface area contributed by atoms with Crippen LogP contribution < -0.4 is 10.1 Å². The predicted octanol–water partition coefficient (Wildman–Crippen LogP) is 1.86. The van der Waals surface area contributed by atoms with Crippen LogP contribution in [0.3, 0.4) is 0 Å². The number of ether oxygens (including phenoxy) is 1. The minimum Gasteiger partial charge on any atom is -0.497 e. The Kier molecular flexibility index (Phi) is 5.16. The smallest absolute Gasteiger partial charge is 0.182 e. The van der Waals surface area contributed by atoms with E-state index in [1.165, 1.54) is 0 Å². The minimum absolute atomic E-state index is 0.0444. The van der Waals surface area contributed by atoms with E-state index in [2.05, 4.69) is 5.32 Å². The average Bonchev–Trinajstić information content (AvgIpc) is 2.40. The van der Waals surface area contributed by atoms with E-state index < -0.39 is 15.1 Å². The van der Waals surface area contributed by atoms with Gasteiger partial charge in [-0.2, -0.15) is 0 Å². The highest BCUT2D eigenvalue weighted by atomic mass is 32.2. The van der Waals surface area contributed by atoms with Crippen molar-refractivity contribution in [1.29, 1.82) is 0 Å². The largest absolute Gasteiger partial charge is 0.497 e. The second-order valence-electron chi connectivity index (χ2n) is 4.23. The van der Waals surface area contributed by atoms with Gasteiger partial charge >= 0.3 is 0 Å². The van der Waals surface area contributed by atoms with Crippen molar-refractivity contribution < 1.29 is 13.2 Å². The molecule has 0 spiro atoms. The van der Waals surface area contributed by atoms with Crippen LogP contribution in [-0.2, 0) is 9.84 Å². The van der Waals surface area contributed by atoms with Crippen molar-refractivity contribution in [3.8, 4) is 5.75 Å². The van der Waals surface area contributed by atoms with Crippen LogP contribution in [0.1, 0.15) is 20.3 Å². The summed E-state index contributed by atoms with van der Waals surface area (Å²) < 4.78 is 29.8. The molecule has 2 atom stereocenters. The van der Waals surface area contributed by atoms with Gasteiger partial charge in [-0.15, -0.1) is 0 Å². The first kappa shape index (κ1) is 15.0. The zero-order valence-corrected chi connectivity index (χ0v) is 12.1. The quantitative estimate of drug-likeness (QED) is 0.858. The SMILES string of the molecule is CCC(NC)C(C)S(=O)(=O)c1ccc(OC)cc1. The lowest BCUT2D eigenvalue weighted by atomic mass is 10.2. The van der Waals surface area contributed by atoms with Gasteiger partial charge in [0, 0.05) is 6.04 Å². The number of methoxy groups -OCH3 is 1. The average molecular weight is 271 g/mol. The molecule has 0 aliphatic rings. The molecular formula is C13H21NO3S. The fourth-order valence-electron chi connectivity index (χ4n) is 1.97. The van der Waals surface area contributed by atoms with Crippen LogP contribution in [0.15, 0.2) is 29.2 Å². The van der Waals surface area contributed by atoms with Crippen molar-refractivity contribution in [3.05, 3.63) is 24.3 Å². The van der Waals surface area contributed by atoms with Crippen LogP contribution in [0.25, 0.3) is 0 Å². The van der Waals surface area contributed by atoms with Crippen molar-refractivity contribution in [1.82, 2.24) is 5.32 Å². The molecular weight excluding hydrogens is 250 g/mol. The lowest BCUT2D eigenvalue weighted by molar-refractivity contribution is 0.414. The molecule has 0 amide bonds. The van der Waals surface area contributed by atoms with E-state index in [0.717, 1.165) is 6.42 Å². The van der Waals surface area contributed by atoms with Gasteiger partial charge in [0.05, 0.1) is 17.3 Å². The highest BCUT2D eigenvalue weighted by molar-refractivity contribution is 7.92. The Labute approximate surface area is 109 Å². The number of sulfone groups is 1. The first-order valence-electron chi connectivity index (χ1n) is 6.02. The third kappa shape index (κ3) is 3.03. The number of benzene rings is 1. The number of nitrogens with one attached hydrogen (secondary N) is 1. The molecule has 0 bridgehead atoms. The monoisotopic (exact) mass is 271 g/mol. The maximum Gasteiger partial charge on any atom is 0.182 e. The maximum absolute atomic E-state index is 12.4. The Morgan fingerprint density at radius 1 is 1.28 bits per heavy atom. The van der Waals surface area contributed by atoms with Crippen molar-refractivity contribution >= 4 is 9.84 Å². The lowest BCUT2D eigenvalue weighted by Gasteiger charge is -2.22. The van der Waals surface area contributed by atoms with Crippen molar-refractivity contribution in [2.45, 2.75) is 36.5 Å². The molecule has 1 aromatic carbocycles. The second-order valence-corrected chi connectivity index (χ2v) is 6.53. The summed E-state index contributed by atoms with van der Waals surface area (Å²) >= 11 is 0. The molecule has 0 fully saturated rings. The molecule has 1 N–H and O–H groups in total. The summed E-state index contributed by atoms with van der Waals surface area (Å²) in [5.74, 6) is 0.655. The first-order valence-corrected chi connectivity index (χ1v) is 7.57. The summed E-state index contributed by atoms with van der Waals surface area (Å²) in [4.78, 5) is 0.338. The van der Waals surface area contributed by atoms with Crippen molar-refractivity contribution in [3.63, 3.8) is 0 Å². The van der Waals surface area contributed by atoms with Crippen LogP contribution >= 0.6 is 0 Å². The Hall–Kier alpha value is -1.07. The molecule has 2 unspecified atom stereocenters. The Bertz CT molecular complexity index is 464. The molecule has 18 heavy (non-hydrogen) atoms. The molecule has 4 nitrogen and oxygen atoms in total.